The zero-order chi connectivity index (χ0) is 13.3. The van der Waals surface area contributed by atoms with Crippen LogP contribution in [-0.4, -0.2) is 21.2 Å². The fourth-order valence-corrected chi connectivity index (χ4v) is 2.35. The van der Waals surface area contributed by atoms with Crippen molar-refractivity contribution >= 4 is 17.4 Å². The third-order valence-corrected chi connectivity index (χ3v) is 3.33. The molecule has 0 aliphatic heterocycles. The Hall–Kier alpha value is -1.61. The number of hydrogen-bond donors (Lipinski definition) is 0. The van der Waals surface area contributed by atoms with Gasteiger partial charge in [0.05, 0.1) is 11.6 Å². The van der Waals surface area contributed by atoms with Gasteiger partial charge in [-0.1, -0.05) is 0 Å². The van der Waals surface area contributed by atoms with Gasteiger partial charge in [-0.2, -0.15) is 0 Å². The normalized spacial score (nSPS) is 10.7. The smallest absolute Gasteiger partial charge is 0.179 e. The molecule has 2 aromatic rings. The largest absolute Gasteiger partial charge is 0.317 e. The minimum atomic E-state index is -0.0391. The van der Waals surface area contributed by atoms with E-state index in [4.69, 9.17) is 11.6 Å². The molecule has 18 heavy (non-hydrogen) atoms. The molecule has 0 aliphatic rings. The van der Waals surface area contributed by atoms with Crippen molar-refractivity contribution < 1.29 is 4.79 Å². The number of Topliss-reactive ketones (excluding diaryl/α,β-unsaturated/α-hetero) is 1. The van der Waals surface area contributed by atoms with Gasteiger partial charge in [0.1, 0.15) is 0 Å². The minimum Gasteiger partial charge on any atom is -0.317 e. The Bertz CT molecular complexity index is 602. The predicted octanol–water partition coefficient (Wildman–Crippen LogP) is 3.22. The maximum Gasteiger partial charge on any atom is 0.179 e. The van der Waals surface area contributed by atoms with Crippen LogP contribution in [0.2, 0.25) is 0 Å². The van der Waals surface area contributed by atoms with Crippen molar-refractivity contribution in [1.82, 2.24) is 9.55 Å². The fourth-order valence-electron chi connectivity index (χ4n) is 2.20. The first-order valence-corrected chi connectivity index (χ1v) is 6.28. The summed E-state index contributed by atoms with van der Waals surface area (Å²) in [6, 6.07) is 3.84. The van der Waals surface area contributed by atoms with Crippen molar-refractivity contribution in [1.29, 1.82) is 0 Å². The van der Waals surface area contributed by atoms with Gasteiger partial charge in [-0.05, 0) is 38.5 Å². The zero-order valence-electron chi connectivity index (χ0n) is 10.7. The number of carbonyl (C=O) groups is 1. The van der Waals surface area contributed by atoms with Gasteiger partial charge in [-0.25, -0.2) is 0 Å². The van der Waals surface area contributed by atoms with E-state index < -0.39 is 0 Å². The van der Waals surface area contributed by atoms with Crippen molar-refractivity contribution in [3.05, 3.63) is 47.0 Å². The van der Waals surface area contributed by atoms with Gasteiger partial charge >= 0.3 is 0 Å². The Morgan fingerprint density at radius 3 is 2.72 bits per heavy atom. The summed E-state index contributed by atoms with van der Waals surface area (Å²) in [4.78, 5) is 15.8. The molecular weight excluding hydrogens is 248 g/mol. The molecule has 0 bridgehead atoms. The second-order valence-corrected chi connectivity index (χ2v) is 4.61. The quantitative estimate of drug-likeness (QED) is 0.629. The van der Waals surface area contributed by atoms with Crippen LogP contribution in [0.25, 0.3) is 5.69 Å². The molecule has 2 heterocycles. The first-order valence-electron chi connectivity index (χ1n) is 5.75. The maximum absolute atomic E-state index is 11.8. The highest BCUT2D eigenvalue weighted by atomic mass is 35.5. The maximum atomic E-state index is 11.8. The molecule has 0 radical (unpaired) electrons. The summed E-state index contributed by atoms with van der Waals surface area (Å²) in [7, 11) is 0. The molecule has 0 saturated carbocycles. The first-order chi connectivity index (χ1) is 8.56. The first kappa shape index (κ1) is 12.8. The molecule has 0 N–H and O–H groups in total. The van der Waals surface area contributed by atoms with Gasteiger partial charge in [0, 0.05) is 29.3 Å². The predicted molar refractivity (Wildman–Crippen MR) is 72.8 cm³/mol. The Balaban J connectivity index is 2.63. The number of nitrogens with zero attached hydrogens (tertiary/aromatic N) is 2. The van der Waals surface area contributed by atoms with E-state index in [1.54, 1.807) is 6.20 Å². The van der Waals surface area contributed by atoms with Crippen molar-refractivity contribution in [3.8, 4) is 5.69 Å². The summed E-state index contributed by atoms with van der Waals surface area (Å²) >= 11 is 5.63. The highest BCUT2D eigenvalue weighted by molar-refractivity contribution is 6.30. The molecule has 94 valence electrons. The van der Waals surface area contributed by atoms with Gasteiger partial charge in [0.25, 0.3) is 0 Å². The van der Waals surface area contributed by atoms with E-state index in [1.807, 2.05) is 39.1 Å². The van der Waals surface area contributed by atoms with Gasteiger partial charge < -0.3 is 4.57 Å². The lowest BCUT2D eigenvalue weighted by Gasteiger charge is -2.12. The van der Waals surface area contributed by atoms with E-state index in [-0.39, 0.29) is 11.7 Å². The molecule has 0 atom stereocenters. The average molecular weight is 263 g/mol. The second-order valence-electron chi connectivity index (χ2n) is 4.34. The Labute approximate surface area is 111 Å². The van der Waals surface area contributed by atoms with E-state index in [1.165, 1.54) is 0 Å². The van der Waals surface area contributed by atoms with Crippen LogP contribution in [0.1, 0.15) is 27.3 Å². The van der Waals surface area contributed by atoms with Gasteiger partial charge in [-0.3, -0.25) is 9.78 Å². The van der Waals surface area contributed by atoms with Crippen LogP contribution < -0.4 is 0 Å². The molecule has 0 unspecified atom stereocenters. The van der Waals surface area contributed by atoms with Crippen molar-refractivity contribution in [2.45, 2.75) is 20.8 Å². The summed E-state index contributed by atoms with van der Waals surface area (Å²) in [5.74, 6) is -0.0256. The molecule has 0 saturated heterocycles. The van der Waals surface area contributed by atoms with Crippen molar-refractivity contribution in [2.75, 3.05) is 5.88 Å². The number of halogens is 1. The molecule has 0 amide bonds. The third-order valence-electron chi connectivity index (χ3n) is 3.08. The van der Waals surface area contributed by atoms with Crippen LogP contribution in [0, 0.1) is 20.8 Å². The summed E-state index contributed by atoms with van der Waals surface area (Å²) < 4.78 is 2.07. The molecule has 0 aliphatic carbocycles. The highest BCUT2D eigenvalue weighted by Crippen LogP contribution is 2.23. The third kappa shape index (κ3) is 2.06. The number of aryl methyl sites for hydroxylation is 2. The van der Waals surface area contributed by atoms with E-state index in [0.29, 0.717) is 5.56 Å². The zero-order valence-corrected chi connectivity index (χ0v) is 11.5. The Kier molecular flexibility index (Phi) is 3.53. The molecule has 2 rings (SSSR count). The summed E-state index contributed by atoms with van der Waals surface area (Å²) in [6.07, 6.45) is 3.57. The molecule has 3 nitrogen and oxygen atoms in total. The lowest BCUT2D eigenvalue weighted by atomic mass is 10.2. The number of aromatic nitrogens is 2. The van der Waals surface area contributed by atoms with Crippen molar-refractivity contribution in [2.24, 2.45) is 0 Å². The second kappa shape index (κ2) is 4.94. The number of pyridine rings is 1. The number of hydrogen-bond acceptors (Lipinski definition) is 2. The number of alkyl halides is 1. The lowest BCUT2D eigenvalue weighted by Crippen LogP contribution is -2.05. The summed E-state index contributed by atoms with van der Waals surface area (Å²) in [5, 5.41) is 0. The molecule has 4 heteroatoms. The van der Waals surface area contributed by atoms with Crippen LogP contribution in [-0.2, 0) is 0 Å². The van der Waals surface area contributed by atoms with Gasteiger partial charge in [0.2, 0.25) is 0 Å². The average Bonchev–Trinajstić information content (AvgIpc) is 2.65. The highest BCUT2D eigenvalue weighted by Gasteiger charge is 2.16. The van der Waals surface area contributed by atoms with Crippen LogP contribution >= 0.6 is 11.6 Å². The van der Waals surface area contributed by atoms with E-state index in [9.17, 15) is 4.79 Å². The monoisotopic (exact) mass is 262 g/mol. The minimum absolute atomic E-state index is 0.0135. The fraction of sp³-hybridized carbons (Fsp3) is 0.286. The van der Waals surface area contributed by atoms with Gasteiger partial charge in [0.15, 0.2) is 5.78 Å². The molecule has 0 fully saturated rings. The van der Waals surface area contributed by atoms with E-state index >= 15 is 0 Å². The van der Waals surface area contributed by atoms with Crippen molar-refractivity contribution in [3.63, 3.8) is 0 Å². The molecule has 0 spiro atoms. The van der Waals surface area contributed by atoms with E-state index in [2.05, 4.69) is 9.55 Å². The van der Waals surface area contributed by atoms with E-state index in [0.717, 1.165) is 22.6 Å². The SMILES string of the molecule is Cc1cnccc1-n1c(C)cc(C(=O)CCl)c1C. The number of carbonyl (C=O) groups excluding carboxylic acids is 1. The Morgan fingerprint density at radius 1 is 1.39 bits per heavy atom. The standard InChI is InChI=1S/C14H15ClN2O/c1-9-8-16-5-4-13(9)17-10(2)6-12(11(17)3)14(18)7-15/h4-6,8H,7H2,1-3H3. The molecular formula is C14H15ClN2O. The van der Waals surface area contributed by atoms with Crippen LogP contribution in [0.4, 0.5) is 0 Å². The van der Waals surface area contributed by atoms with Gasteiger partial charge in [-0.15, -0.1) is 11.6 Å². The lowest BCUT2D eigenvalue weighted by molar-refractivity contribution is 0.102. The van der Waals surface area contributed by atoms with Crippen LogP contribution in [0.3, 0.4) is 0 Å². The summed E-state index contributed by atoms with van der Waals surface area (Å²) in [6.45, 7) is 5.93. The Morgan fingerprint density at radius 2 is 2.11 bits per heavy atom. The molecule has 0 aromatic carbocycles. The summed E-state index contributed by atoms with van der Waals surface area (Å²) in [5.41, 5.74) is 4.76. The topological polar surface area (TPSA) is 34.9 Å². The van der Waals surface area contributed by atoms with Crippen LogP contribution in [0.5, 0.6) is 0 Å². The number of rotatable bonds is 3. The van der Waals surface area contributed by atoms with Crippen LogP contribution in [0.15, 0.2) is 24.5 Å². The number of ketones is 1. The molecule has 2 aromatic heterocycles.